The molecule has 0 unspecified atom stereocenters. The molecule has 3 nitrogen and oxygen atoms in total. The maximum atomic E-state index is 12.2. The van der Waals surface area contributed by atoms with Crippen molar-refractivity contribution in [2.45, 2.75) is 45.9 Å². The summed E-state index contributed by atoms with van der Waals surface area (Å²) in [5, 5.41) is 5.45. The zero-order valence-corrected chi connectivity index (χ0v) is 16.1. The lowest BCUT2D eigenvalue weighted by Crippen LogP contribution is -2.23. The molecule has 27 heavy (non-hydrogen) atoms. The molecule has 3 aromatic carbocycles. The van der Waals surface area contributed by atoms with Gasteiger partial charge in [0.05, 0.1) is 12.7 Å². The maximum absolute atomic E-state index is 12.2. The Morgan fingerprint density at radius 2 is 1.56 bits per heavy atom. The SMILES string of the molecule is CC(C)OCc1ccc(CNC(=O)CCc2ccc3ccccc3c2)cc1. The highest BCUT2D eigenvalue weighted by molar-refractivity contribution is 5.83. The van der Waals surface area contributed by atoms with E-state index in [2.05, 4.69) is 47.8 Å². The third kappa shape index (κ3) is 5.93. The fraction of sp³-hybridized carbons (Fsp3) is 0.292. The van der Waals surface area contributed by atoms with Gasteiger partial charge in [-0.2, -0.15) is 0 Å². The predicted octanol–water partition coefficient (Wildman–Crippen LogP) is 5.01. The van der Waals surface area contributed by atoms with Crippen molar-refractivity contribution in [3.8, 4) is 0 Å². The number of amides is 1. The first kappa shape index (κ1) is 19.1. The van der Waals surface area contributed by atoms with E-state index in [0.717, 1.165) is 17.5 Å². The highest BCUT2D eigenvalue weighted by atomic mass is 16.5. The molecule has 0 aliphatic rings. The smallest absolute Gasteiger partial charge is 0.220 e. The van der Waals surface area contributed by atoms with E-state index in [1.54, 1.807) is 0 Å². The van der Waals surface area contributed by atoms with E-state index in [1.807, 2.05) is 38.1 Å². The Balaban J connectivity index is 1.45. The summed E-state index contributed by atoms with van der Waals surface area (Å²) in [5.41, 5.74) is 3.44. The van der Waals surface area contributed by atoms with E-state index in [4.69, 9.17) is 4.74 Å². The zero-order valence-electron chi connectivity index (χ0n) is 16.1. The molecule has 0 bridgehead atoms. The molecule has 0 atom stereocenters. The van der Waals surface area contributed by atoms with Crippen LogP contribution in [0.4, 0.5) is 0 Å². The Hall–Kier alpha value is -2.65. The van der Waals surface area contributed by atoms with Gasteiger partial charge in [0, 0.05) is 13.0 Å². The predicted molar refractivity (Wildman–Crippen MR) is 110 cm³/mol. The number of fused-ring (bicyclic) bond motifs is 1. The van der Waals surface area contributed by atoms with Gasteiger partial charge in [0.25, 0.3) is 0 Å². The van der Waals surface area contributed by atoms with Crippen molar-refractivity contribution in [3.05, 3.63) is 83.4 Å². The number of ether oxygens (including phenoxy) is 1. The van der Waals surface area contributed by atoms with Crippen LogP contribution in [-0.4, -0.2) is 12.0 Å². The van der Waals surface area contributed by atoms with Gasteiger partial charge in [-0.3, -0.25) is 4.79 Å². The van der Waals surface area contributed by atoms with Crippen LogP contribution in [0, 0.1) is 0 Å². The minimum atomic E-state index is 0.0791. The topological polar surface area (TPSA) is 38.3 Å². The number of hydrogen-bond donors (Lipinski definition) is 1. The Kier molecular flexibility index (Phi) is 6.61. The third-order valence-electron chi connectivity index (χ3n) is 4.55. The summed E-state index contributed by atoms with van der Waals surface area (Å²) in [6.07, 6.45) is 1.48. The van der Waals surface area contributed by atoms with Crippen molar-refractivity contribution in [2.24, 2.45) is 0 Å². The number of hydrogen-bond acceptors (Lipinski definition) is 2. The molecule has 0 aliphatic heterocycles. The number of rotatable bonds is 8. The lowest BCUT2D eigenvalue weighted by molar-refractivity contribution is -0.121. The molecule has 3 heteroatoms. The van der Waals surface area contributed by atoms with Crippen molar-refractivity contribution in [1.29, 1.82) is 0 Å². The normalized spacial score (nSPS) is 11.1. The van der Waals surface area contributed by atoms with Crippen LogP contribution in [0.2, 0.25) is 0 Å². The number of benzene rings is 3. The molecular weight excluding hydrogens is 334 g/mol. The van der Waals surface area contributed by atoms with E-state index < -0.39 is 0 Å². The molecular formula is C24H27NO2. The number of aryl methyl sites for hydroxylation is 1. The zero-order chi connectivity index (χ0) is 19.1. The van der Waals surface area contributed by atoms with E-state index >= 15 is 0 Å². The van der Waals surface area contributed by atoms with E-state index in [9.17, 15) is 4.79 Å². The molecule has 0 saturated heterocycles. The van der Waals surface area contributed by atoms with Gasteiger partial charge in [-0.1, -0.05) is 66.7 Å². The van der Waals surface area contributed by atoms with Crippen LogP contribution in [0.1, 0.15) is 37.0 Å². The lowest BCUT2D eigenvalue weighted by Gasteiger charge is -2.09. The van der Waals surface area contributed by atoms with Crippen LogP contribution in [-0.2, 0) is 29.1 Å². The average Bonchev–Trinajstić information content (AvgIpc) is 2.69. The lowest BCUT2D eigenvalue weighted by atomic mass is 10.0. The second-order valence-corrected chi connectivity index (χ2v) is 7.13. The number of nitrogens with one attached hydrogen (secondary N) is 1. The molecule has 1 N–H and O–H groups in total. The van der Waals surface area contributed by atoms with Crippen molar-refractivity contribution in [3.63, 3.8) is 0 Å². The maximum Gasteiger partial charge on any atom is 0.220 e. The summed E-state index contributed by atoms with van der Waals surface area (Å²) in [4.78, 5) is 12.2. The van der Waals surface area contributed by atoms with Gasteiger partial charge in [0.15, 0.2) is 0 Å². The fourth-order valence-corrected chi connectivity index (χ4v) is 2.96. The van der Waals surface area contributed by atoms with Crippen molar-refractivity contribution in [2.75, 3.05) is 0 Å². The van der Waals surface area contributed by atoms with Gasteiger partial charge >= 0.3 is 0 Å². The third-order valence-corrected chi connectivity index (χ3v) is 4.55. The Labute approximate surface area is 161 Å². The molecule has 0 spiro atoms. The van der Waals surface area contributed by atoms with Crippen molar-refractivity contribution < 1.29 is 9.53 Å². The summed E-state index contributed by atoms with van der Waals surface area (Å²) in [6.45, 7) is 5.24. The van der Waals surface area contributed by atoms with Crippen molar-refractivity contribution in [1.82, 2.24) is 5.32 Å². The molecule has 0 aromatic heterocycles. The molecule has 0 heterocycles. The summed E-state index contributed by atoms with van der Waals surface area (Å²) in [6, 6.07) is 22.9. The molecule has 140 valence electrons. The van der Waals surface area contributed by atoms with Crippen LogP contribution in [0.15, 0.2) is 66.7 Å². The minimum absolute atomic E-state index is 0.0791. The van der Waals surface area contributed by atoms with Crippen LogP contribution in [0.25, 0.3) is 10.8 Å². The van der Waals surface area contributed by atoms with Crippen LogP contribution >= 0.6 is 0 Å². The molecule has 0 saturated carbocycles. The first-order chi connectivity index (χ1) is 13.1. The van der Waals surface area contributed by atoms with E-state index in [0.29, 0.717) is 19.6 Å². The molecule has 3 rings (SSSR count). The standard InChI is InChI=1S/C24H27NO2/c1-18(2)27-17-21-9-7-20(8-10-21)16-25-24(26)14-12-19-11-13-22-5-3-4-6-23(22)15-19/h3-11,13,15,18H,12,14,16-17H2,1-2H3,(H,25,26). The summed E-state index contributed by atoms with van der Waals surface area (Å²) < 4.78 is 5.60. The Bertz CT molecular complexity index is 884. The van der Waals surface area contributed by atoms with Gasteiger partial charge < -0.3 is 10.1 Å². The Morgan fingerprint density at radius 1 is 0.889 bits per heavy atom. The Morgan fingerprint density at radius 3 is 2.30 bits per heavy atom. The highest BCUT2D eigenvalue weighted by Crippen LogP contribution is 2.16. The minimum Gasteiger partial charge on any atom is -0.374 e. The van der Waals surface area contributed by atoms with Crippen molar-refractivity contribution >= 4 is 16.7 Å². The quantitative estimate of drug-likeness (QED) is 0.612. The van der Waals surface area contributed by atoms with Gasteiger partial charge in [-0.15, -0.1) is 0 Å². The van der Waals surface area contributed by atoms with Gasteiger partial charge in [-0.05, 0) is 47.7 Å². The summed E-state index contributed by atoms with van der Waals surface area (Å²) >= 11 is 0. The molecule has 0 radical (unpaired) electrons. The van der Waals surface area contributed by atoms with Crippen LogP contribution < -0.4 is 5.32 Å². The van der Waals surface area contributed by atoms with E-state index in [1.165, 1.54) is 16.3 Å². The highest BCUT2D eigenvalue weighted by Gasteiger charge is 2.04. The largest absolute Gasteiger partial charge is 0.374 e. The van der Waals surface area contributed by atoms with Gasteiger partial charge in [0.2, 0.25) is 5.91 Å². The number of carbonyl (C=O) groups excluding carboxylic acids is 1. The molecule has 3 aromatic rings. The first-order valence-electron chi connectivity index (χ1n) is 9.54. The molecule has 1 amide bonds. The fourth-order valence-electron chi connectivity index (χ4n) is 2.96. The summed E-state index contributed by atoms with van der Waals surface area (Å²) in [7, 11) is 0. The molecule has 0 fully saturated rings. The van der Waals surface area contributed by atoms with Crippen LogP contribution in [0.3, 0.4) is 0 Å². The average molecular weight is 361 g/mol. The van der Waals surface area contributed by atoms with E-state index in [-0.39, 0.29) is 12.0 Å². The number of carbonyl (C=O) groups is 1. The second-order valence-electron chi connectivity index (χ2n) is 7.13. The summed E-state index contributed by atoms with van der Waals surface area (Å²) in [5.74, 6) is 0.0791. The second kappa shape index (κ2) is 9.33. The first-order valence-corrected chi connectivity index (χ1v) is 9.54. The van der Waals surface area contributed by atoms with Crippen LogP contribution in [0.5, 0.6) is 0 Å². The van der Waals surface area contributed by atoms with Gasteiger partial charge in [0.1, 0.15) is 0 Å². The van der Waals surface area contributed by atoms with Gasteiger partial charge in [-0.25, -0.2) is 0 Å². The molecule has 0 aliphatic carbocycles. The monoisotopic (exact) mass is 361 g/mol.